The highest BCUT2D eigenvalue weighted by molar-refractivity contribution is 6.04. The number of benzene rings is 1. The van der Waals surface area contributed by atoms with Gasteiger partial charge in [-0.15, -0.1) is 0 Å². The second-order valence-corrected chi connectivity index (χ2v) is 6.84. The maximum Gasteiger partial charge on any atom is 0.251 e. The Hall–Kier alpha value is -3.32. The van der Waals surface area contributed by atoms with Gasteiger partial charge < -0.3 is 19.4 Å². The van der Waals surface area contributed by atoms with Gasteiger partial charge in [0.2, 0.25) is 5.88 Å². The van der Waals surface area contributed by atoms with Gasteiger partial charge in [-0.2, -0.15) is 10.1 Å². The molecule has 28 heavy (non-hydrogen) atoms. The number of hydrogen-bond donors (Lipinski definition) is 1. The molecule has 1 N–H and O–H groups in total. The number of carbonyl (C=O) groups excluding carboxylic acids is 1. The number of rotatable bonds is 6. The van der Waals surface area contributed by atoms with Crippen LogP contribution in [0.2, 0.25) is 0 Å². The Kier molecular flexibility index (Phi) is 4.99. The second kappa shape index (κ2) is 7.74. The van der Waals surface area contributed by atoms with Crippen molar-refractivity contribution in [2.45, 2.75) is 6.42 Å². The molecule has 7 nitrogen and oxygen atoms in total. The van der Waals surface area contributed by atoms with Crippen molar-refractivity contribution in [3.8, 4) is 0 Å². The highest BCUT2D eigenvalue weighted by Gasteiger charge is 2.29. The molecule has 144 valence electrons. The first kappa shape index (κ1) is 18.1. The van der Waals surface area contributed by atoms with E-state index in [0.717, 1.165) is 23.5 Å². The molecule has 1 amide bonds. The number of nitrogens with zero attached hydrogens (tertiary/aromatic N) is 3. The number of fused-ring (bicyclic) bond motifs is 1. The van der Waals surface area contributed by atoms with Crippen molar-refractivity contribution in [2.75, 3.05) is 27.2 Å². The Balaban J connectivity index is 1.52. The number of hydrazone groups is 1. The standard InChI is InChI=1S/C21H22N4O3/c1-24(2)11-10-22-21(26)16-6-3-5-15(13-16)17-8-9-20-25(23-17)18(14-28-20)19-7-4-12-27-19/h3-7,9,12-14H,8,10-11H2,1-2H3,(H,22,26). The first-order valence-corrected chi connectivity index (χ1v) is 9.13. The van der Waals surface area contributed by atoms with E-state index < -0.39 is 0 Å². The molecule has 0 radical (unpaired) electrons. The van der Waals surface area contributed by atoms with E-state index in [4.69, 9.17) is 14.3 Å². The van der Waals surface area contributed by atoms with Gasteiger partial charge in [0.25, 0.3) is 5.91 Å². The van der Waals surface area contributed by atoms with Crippen LogP contribution in [0.5, 0.6) is 0 Å². The molecule has 7 heteroatoms. The number of likely N-dealkylation sites (N-methyl/N-ethyl adjacent to an activating group) is 1. The number of furan rings is 1. The predicted molar refractivity (Wildman–Crippen MR) is 106 cm³/mol. The highest BCUT2D eigenvalue weighted by Crippen LogP contribution is 2.34. The van der Waals surface area contributed by atoms with Crippen LogP contribution >= 0.6 is 0 Å². The summed E-state index contributed by atoms with van der Waals surface area (Å²) in [5, 5.41) is 9.39. The van der Waals surface area contributed by atoms with Gasteiger partial charge in [0, 0.05) is 25.1 Å². The topological polar surface area (TPSA) is 70.3 Å². The minimum absolute atomic E-state index is 0.0861. The Morgan fingerprint density at radius 3 is 2.96 bits per heavy atom. The summed E-state index contributed by atoms with van der Waals surface area (Å²) in [6.07, 6.45) is 5.84. The van der Waals surface area contributed by atoms with Crippen LogP contribution in [0, 0.1) is 0 Å². The van der Waals surface area contributed by atoms with Crippen LogP contribution in [0.3, 0.4) is 0 Å². The molecule has 4 rings (SSSR count). The van der Waals surface area contributed by atoms with E-state index in [0.29, 0.717) is 30.2 Å². The average Bonchev–Trinajstić information content (AvgIpc) is 3.36. The van der Waals surface area contributed by atoms with E-state index in [1.54, 1.807) is 17.5 Å². The molecular formula is C21H22N4O3. The molecule has 3 heterocycles. The largest absolute Gasteiger partial charge is 0.463 e. The summed E-state index contributed by atoms with van der Waals surface area (Å²) in [6.45, 7) is 1.40. The molecule has 0 atom stereocenters. The highest BCUT2D eigenvalue weighted by atomic mass is 16.5. The number of carbonyl (C=O) groups is 1. The van der Waals surface area contributed by atoms with Crippen LogP contribution in [-0.4, -0.2) is 48.7 Å². The molecule has 0 spiro atoms. The molecule has 0 fully saturated rings. The van der Waals surface area contributed by atoms with Crippen molar-refractivity contribution in [1.82, 2.24) is 15.2 Å². The van der Waals surface area contributed by atoms with E-state index in [2.05, 4.69) is 5.32 Å². The van der Waals surface area contributed by atoms with Crippen LogP contribution in [0.4, 0.5) is 0 Å². The maximum absolute atomic E-state index is 12.4. The first-order valence-electron chi connectivity index (χ1n) is 9.13. The summed E-state index contributed by atoms with van der Waals surface area (Å²) >= 11 is 0. The van der Waals surface area contributed by atoms with Crippen molar-refractivity contribution < 1.29 is 13.9 Å². The lowest BCUT2D eigenvalue weighted by molar-refractivity contribution is 0.0951. The molecule has 1 aromatic heterocycles. The minimum atomic E-state index is -0.0861. The number of hydrogen-bond acceptors (Lipinski definition) is 6. The van der Waals surface area contributed by atoms with Crippen LogP contribution in [0.25, 0.3) is 5.70 Å². The van der Waals surface area contributed by atoms with Crippen molar-refractivity contribution in [3.05, 3.63) is 77.8 Å². The van der Waals surface area contributed by atoms with Gasteiger partial charge in [0.1, 0.15) is 12.0 Å². The molecule has 2 aliphatic heterocycles. The molecule has 0 aliphatic carbocycles. The summed E-state index contributed by atoms with van der Waals surface area (Å²) in [5.41, 5.74) is 3.12. The van der Waals surface area contributed by atoms with Gasteiger partial charge in [-0.05, 0) is 50.0 Å². The number of nitrogens with one attached hydrogen (secondary N) is 1. The zero-order chi connectivity index (χ0) is 19.5. The maximum atomic E-state index is 12.4. The van der Waals surface area contributed by atoms with Gasteiger partial charge in [0.05, 0.1) is 12.0 Å². The van der Waals surface area contributed by atoms with E-state index in [1.165, 1.54) is 0 Å². The van der Waals surface area contributed by atoms with Crippen LogP contribution in [0.15, 0.2) is 70.4 Å². The van der Waals surface area contributed by atoms with Gasteiger partial charge in [-0.3, -0.25) is 4.79 Å². The van der Waals surface area contributed by atoms with Crippen molar-refractivity contribution in [1.29, 1.82) is 0 Å². The monoisotopic (exact) mass is 378 g/mol. The summed E-state index contributed by atoms with van der Waals surface area (Å²) < 4.78 is 11.1. The van der Waals surface area contributed by atoms with Gasteiger partial charge in [-0.25, -0.2) is 0 Å². The summed E-state index contributed by atoms with van der Waals surface area (Å²) in [7, 11) is 3.95. The van der Waals surface area contributed by atoms with E-state index in [1.807, 2.05) is 61.5 Å². The third kappa shape index (κ3) is 3.70. The Morgan fingerprint density at radius 1 is 1.29 bits per heavy atom. The average molecular weight is 378 g/mol. The zero-order valence-corrected chi connectivity index (χ0v) is 15.9. The van der Waals surface area contributed by atoms with Gasteiger partial charge in [-0.1, -0.05) is 12.1 Å². The van der Waals surface area contributed by atoms with Gasteiger partial charge >= 0.3 is 0 Å². The first-order chi connectivity index (χ1) is 13.6. The van der Waals surface area contributed by atoms with E-state index in [9.17, 15) is 4.79 Å². The number of allylic oxidation sites excluding steroid dienone is 1. The minimum Gasteiger partial charge on any atom is -0.463 e. The molecule has 1 aromatic carbocycles. The predicted octanol–water partition coefficient (Wildman–Crippen LogP) is 2.85. The van der Waals surface area contributed by atoms with Gasteiger partial charge in [0.15, 0.2) is 5.76 Å². The van der Waals surface area contributed by atoms with Crippen molar-refractivity contribution in [2.24, 2.45) is 5.10 Å². The molecule has 0 saturated carbocycles. The van der Waals surface area contributed by atoms with E-state index >= 15 is 0 Å². The third-order valence-electron chi connectivity index (χ3n) is 4.50. The third-order valence-corrected chi connectivity index (χ3v) is 4.50. The fraction of sp³-hybridized carbons (Fsp3) is 0.238. The SMILES string of the molecule is CN(C)CCNC(=O)c1cccc(C2=NN3C(=CC2)OC=C3c2ccco2)c1. The molecule has 0 bridgehead atoms. The smallest absolute Gasteiger partial charge is 0.251 e. The van der Waals surface area contributed by atoms with E-state index in [-0.39, 0.29) is 5.91 Å². The lowest BCUT2D eigenvalue weighted by Gasteiger charge is -2.21. The lowest BCUT2D eigenvalue weighted by Crippen LogP contribution is -2.31. The molecule has 2 aromatic rings. The summed E-state index contributed by atoms with van der Waals surface area (Å²) in [6, 6.07) is 11.2. The molecule has 2 aliphatic rings. The number of ether oxygens (including phenoxy) is 1. The normalized spacial score (nSPS) is 15.5. The fourth-order valence-corrected chi connectivity index (χ4v) is 3.02. The van der Waals surface area contributed by atoms with Crippen molar-refractivity contribution >= 4 is 17.3 Å². The number of amides is 1. The van der Waals surface area contributed by atoms with Crippen LogP contribution < -0.4 is 5.32 Å². The zero-order valence-electron chi connectivity index (χ0n) is 15.9. The van der Waals surface area contributed by atoms with Crippen molar-refractivity contribution in [3.63, 3.8) is 0 Å². The van der Waals surface area contributed by atoms with Crippen LogP contribution in [0.1, 0.15) is 28.1 Å². The Bertz CT molecular complexity index is 958. The summed E-state index contributed by atoms with van der Waals surface area (Å²) in [4.78, 5) is 14.4. The molecule has 0 unspecified atom stereocenters. The second-order valence-electron chi connectivity index (χ2n) is 6.84. The quantitative estimate of drug-likeness (QED) is 0.837. The Labute approximate surface area is 163 Å². The molecule has 0 saturated heterocycles. The Morgan fingerprint density at radius 2 is 2.18 bits per heavy atom. The van der Waals surface area contributed by atoms with Crippen LogP contribution in [-0.2, 0) is 4.74 Å². The summed E-state index contributed by atoms with van der Waals surface area (Å²) in [5.74, 6) is 1.26. The molecular weight excluding hydrogens is 356 g/mol. The fourth-order valence-electron chi connectivity index (χ4n) is 3.02. The lowest BCUT2D eigenvalue weighted by atomic mass is 10.0.